The predicted molar refractivity (Wildman–Crippen MR) is 58.8 cm³/mol. The lowest BCUT2D eigenvalue weighted by Gasteiger charge is -2.21. The maximum Gasteiger partial charge on any atom is 0.0736 e. The van der Waals surface area contributed by atoms with Gasteiger partial charge in [0.2, 0.25) is 0 Å². The highest BCUT2D eigenvalue weighted by molar-refractivity contribution is 5.24. The van der Waals surface area contributed by atoms with E-state index in [-0.39, 0.29) is 0 Å². The Hall–Kier alpha value is -0.870. The molecule has 0 unspecified atom stereocenters. The van der Waals surface area contributed by atoms with Gasteiger partial charge in [-0.2, -0.15) is 5.10 Å². The van der Waals surface area contributed by atoms with Gasteiger partial charge in [0.15, 0.2) is 0 Å². The molecule has 0 aromatic carbocycles. The Morgan fingerprint density at radius 2 is 2.47 bits per heavy atom. The van der Waals surface area contributed by atoms with Crippen molar-refractivity contribution in [2.24, 2.45) is 0 Å². The molecule has 0 saturated carbocycles. The smallest absolute Gasteiger partial charge is 0.0736 e. The molecule has 1 aliphatic rings. The van der Waals surface area contributed by atoms with Crippen LogP contribution in [0.15, 0.2) is 6.20 Å². The quantitative estimate of drug-likeness (QED) is 0.808. The maximum atomic E-state index is 5.48. The van der Waals surface area contributed by atoms with E-state index in [1.54, 1.807) is 0 Å². The standard InChI is InChI=1S/C11H19N3O/c1-3-14-7-9-5-12-6-10(8-15-4-2)11(9)13-14/h7,10,12H,3-6,8H2,1-2H3/t10-/m0/s1. The van der Waals surface area contributed by atoms with E-state index in [1.165, 1.54) is 11.3 Å². The van der Waals surface area contributed by atoms with E-state index >= 15 is 0 Å². The van der Waals surface area contributed by atoms with Gasteiger partial charge in [-0.3, -0.25) is 4.68 Å². The third kappa shape index (κ3) is 2.21. The fourth-order valence-corrected chi connectivity index (χ4v) is 2.00. The number of aromatic nitrogens is 2. The second-order valence-electron chi connectivity index (χ2n) is 3.88. The van der Waals surface area contributed by atoms with E-state index in [0.717, 1.165) is 32.8 Å². The van der Waals surface area contributed by atoms with Gasteiger partial charge < -0.3 is 10.1 Å². The summed E-state index contributed by atoms with van der Waals surface area (Å²) in [6, 6.07) is 0. The van der Waals surface area contributed by atoms with Crippen molar-refractivity contribution in [1.82, 2.24) is 15.1 Å². The van der Waals surface area contributed by atoms with Crippen LogP contribution >= 0.6 is 0 Å². The van der Waals surface area contributed by atoms with Crippen LogP contribution in [0.5, 0.6) is 0 Å². The molecule has 1 N–H and O–H groups in total. The zero-order valence-corrected chi connectivity index (χ0v) is 9.49. The van der Waals surface area contributed by atoms with E-state index in [0.29, 0.717) is 5.92 Å². The molecule has 0 aliphatic carbocycles. The van der Waals surface area contributed by atoms with Crippen molar-refractivity contribution in [2.75, 3.05) is 19.8 Å². The van der Waals surface area contributed by atoms with Crippen LogP contribution in [0.25, 0.3) is 0 Å². The van der Waals surface area contributed by atoms with Crippen molar-refractivity contribution in [3.05, 3.63) is 17.5 Å². The van der Waals surface area contributed by atoms with Gasteiger partial charge in [0.25, 0.3) is 0 Å². The van der Waals surface area contributed by atoms with E-state index in [2.05, 4.69) is 23.5 Å². The Balaban J connectivity index is 2.14. The molecule has 0 fully saturated rings. The summed E-state index contributed by atoms with van der Waals surface area (Å²) in [6.45, 7) is 8.56. The molecule has 2 rings (SSSR count). The van der Waals surface area contributed by atoms with Crippen molar-refractivity contribution >= 4 is 0 Å². The monoisotopic (exact) mass is 209 g/mol. The van der Waals surface area contributed by atoms with E-state index in [4.69, 9.17) is 4.74 Å². The third-order valence-corrected chi connectivity index (χ3v) is 2.81. The maximum absolute atomic E-state index is 5.48. The number of ether oxygens (including phenoxy) is 1. The average Bonchev–Trinajstić information content (AvgIpc) is 2.69. The van der Waals surface area contributed by atoms with Gasteiger partial charge in [0.05, 0.1) is 12.3 Å². The topological polar surface area (TPSA) is 39.1 Å². The Morgan fingerprint density at radius 1 is 1.60 bits per heavy atom. The average molecular weight is 209 g/mol. The molecule has 0 saturated heterocycles. The van der Waals surface area contributed by atoms with Crippen molar-refractivity contribution in [3.8, 4) is 0 Å². The molecule has 1 atom stereocenters. The van der Waals surface area contributed by atoms with Gasteiger partial charge in [-0.25, -0.2) is 0 Å². The first kappa shape index (κ1) is 10.6. The van der Waals surface area contributed by atoms with E-state index in [1.807, 2.05) is 11.6 Å². The Kier molecular flexibility index (Phi) is 3.38. The minimum absolute atomic E-state index is 0.418. The molecule has 0 spiro atoms. The zero-order chi connectivity index (χ0) is 10.7. The molecule has 15 heavy (non-hydrogen) atoms. The fourth-order valence-electron chi connectivity index (χ4n) is 2.00. The fraction of sp³-hybridized carbons (Fsp3) is 0.727. The third-order valence-electron chi connectivity index (χ3n) is 2.81. The van der Waals surface area contributed by atoms with Gasteiger partial charge in [-0.1, -0.05) is 0 Å². The molecule has 1 aromatic rings. The zero-order valence-electron chi connectivity index (χ0n) is 9.49. The van der Waals surface area contributed by atoms with Crippen LogP contribution in [-0.4, -0.2) is 29.5 Å². The molecule has 4 nitrogen and oxygen atoms in total. The number of nitrogens with zero attached hydrogens (tertiary/aromatic N) is 2. The highest BCUT2D eigenvalue weighted by Gasteiger charge is 2.23. The van der Waals surface area contributed by atoms with E-state index < -0.39 is 0 Å². The summed E-state index contributed by atoms with van der Waals surface area (Å²) in [6.07, 6.45) is 2.14. The number of hydrogen-bond acceptors (Lipinski definition) is 3. The van der Waals surface area contributed by atoms with Gasteiger partial charge in [-0.15, -0.1) is 0 Å². The lowest BCUT2D eigenvalue weighted by molar-refractivity contribution is 0.128. The Bertz CT molecular complexity index is 322. The second kappa shape index (κ2) is 4.77. The van der Waals surface area contributed by atoms with Crippen molar-refractivity contribution < 1.29 is 4.74 Å². The Labute approximate surface area is 90.6 Å². The molecule has 4 heteroatoms. The minimum atomic E-state index is 0.418. The lowest BCUT2D eigenvalue weighted by Crippen LogP contribution is -2.30. The largest absolute Gasteiger partial charge is 0.381 e. The first-order valence-corrected chi connectivity index (χ1v) is 5.69. The molecule has 1 aromatic heterocycles. The molecule has 2 heterocycles. The summed E-state index contributed by atoms with van der Waals surface area (Å²) in [4.78, 5) is 0. The minimum Gasteiger partial charge on any atom is -0.381 e. The van der Waals surface area contributed by atoms with Crippen LogP contribution in [0.3, 0.4) is 0 Å². The van der Waals surface area contributed by atoms with Gasteiger partial charge >= 0.3 is 0 Å². The van der Waals surface area contributed by atoms with Crippen LogP contribution in [0, 0.1) is 0 Å². The summed E-state index contributed by atoms with van der Waals surface area (Å²) < 4.78 is 7.49. The number of rotatable bonds is 4. The molecule has 0 bridgehead atoms. The van der Waals surface area contributed by atoms with Crippen molar-refractivity contribution in [1.29, 1.82) is 0 Å². The van der Waals surface area contributed by atoms with Gasteiger partial charge in [0, 0.05) is 43.9 Å². The molecule has 0 radical (unpaired) electrons. The number of hydrogen-bond donors (Lipinski definition) is 1. The van der Waals surface area contributed by atoms with Crippen LogP contribution in [0.2, 0.25) is 0 Å². The first-order chi connectivity index (χ1) is 7.35. The number of nitrogens with one attached hydrogen (secondary N) is 1. The van der Waals surface area contributed by atoms with Gasteiger partial charge in [0.1, 0.15) is 0 Å². The highest BCUT2D eigenvalue weighted by atomic mass is 16.5. The summed E-state index contributed by atoms with van der Waals surface area (Å²) >= 11 is 0. The molecular formula is C11H19N3O. The molecular weight excluding hydrogens is 190 g/mol. The van der Waals surface area contributed by atoms with Crippen molar-refractivity contribution in [2.45, 2.75) is 32.9 Å². The summed E-state index contributed by atoms with van der Waals surface area (Å²) in [5, 5.41) is 8.00. The highest BCUT2D eigenvalue weighted by Crippen LogP contribution is 2.22. The summed E-state index contributed by atoms with van der Waals surface area (Å²) in [5.41, 5.74) is 2.55. The van der Waals surface area contributed by atoms with Crippen LogP contribution in [-0.2, 0) is 17.8 Å². The molecule has 84 valence electrons. The van der Waals surface area contributed by atoms with Crippen LogP contribution in [0.1, 0.15) is 31.0 Å². The van der Waals surface area contributed by atoms with Crippen LogP contribution < -0.4 is 5.32 Å². The molecule has 0 amide bonds. The summed E-state index contributed by atoms with van der Waals surface area (Å²) in [7, 11) is 0. The predicted octanol–water partition coefficient (Wildman–Crippen LogP) is 1.13. The normalized spacial score (nSPS) is 20.3. The van der Waals surface area contributed by atoms with Crippen LogP contribution in [0.4, 0.5) is 0 Å². The first-order valence-electron chi connectivity index (χ1n) is 5.69. The SMILES string of the molecule is CCOC[C@@H]1CNCc2cn(CC)nc21. The van der Waals surface area contributed by atoms with E-state index in [9.17, 15) is 0 Å². The second-order valence-corrected chi connectivity index (χ2v) is 3.88. The lowest BCUT2D eigenvalue weighted by atomic mass is 9.99. The Morgan fingerprint density at radius 3 is 3.20 bits per heavy atom. The van der Waals surface area contributed by atoms with Crippen molar-refractivity contribution in [3.63, 3.8) is 0 Å². The molecule has 1 aliphatic heterocycles. The summed E-state index contributed by atoms with van der Waals surface area (Å²) in [5.74, 6) is 0.418. The van der Waals surface area contributed by atoms with Gasteiger partial charge in [-0.05, 0) is 13.8 Å². The number of fused-ring (bicyclic) bond motifs is 1. The number of aryl methyl sites for hydroxylation is 1.